The predicted octanol–water partition coefficient (Wildman–Crippen LogP) is 0.0485. The third-order valence-electron chi connectivity index (χ3n) is 3.79. The number of ether oxygens (including phenoxy) is 1. The van der Waals surface area contributed by atoms with E-state index in [4.69, 9.17) is 10.5 Å². The van der Waals surface area contributed by atoms with Crippen LogP contribution in [0.4, 0.5) is 0 Å². The maximum absolute atomic E-state index is 11.8. The lowest BCUT2D eigenvalue weighted by molar-refractivity contribution is -0.130. The molecule has 104 valence electrons. The standard InChI is InChI=1S/C13H25N3O2/c14-5-4-13(17)16-7-2-6-15(8-9-16)11-12-3-1-10-18-12/h12H,1-11,14H2. The summed E-state index contributed by atoms with van der Waals surface area (Å²) in [6.07, 6.45) is 4.33. The van der Waals surface area contributed by atoms with Crippen molar-refractivity contribution in [2.24, 2.45) is 5.73 Å². The molecule has 0 spiro atoms. The number of nitrogens with zero attached hydrogens (tertiary/aromatic N) is 2. The van der Waals surface area contributed by atoms with Crippen molar-refractivity contribution >= 4 is 5.91 Å². The first-order chi connectivity index (χ1) is 8.79. The fourth-order valence-corrected chi connectivity index (χ4v) is 2.76. The fourth-order valence-electron chi connectivity index (χ4n) is 2.76. The number of hydrogen-bond donors (Lipinski definition) is 1. The van der Waals surface area contributed by atoms with Crippen LogP contribution in [0.3, 0.4) is 0 Å². The first kappa shape index (κ1) is 13.8. The smallest absolute Gasteiger partial charge is 0.223 e. The summed E-state index contributed by atoms with van der Waals surface area (Å²) in [5.41, 5.74) is 5.44. The number of rotatable bonds is 4. The van der Waals surface area contributed by atoms with E-state index in [9.17, 15) is 4.79 Å². The molecule has 0 aromatic carbocycles. The van der Waals surface area contributed by atoms with Gasteiger partial charge in [-0.25, -0.2) is 0 Å². The van der Waals surface area contributed by atoms with Crippen molar-refractivity contribution in [2.45, 2.75) is 31.8 Å². The highest BCUT2D eigenvalue weighted by Gasteiger charge is 2.22. The molecular formula is C13H25N3O2. The predicted molar refractivity (Wildman–Crippen MR) is 70.3 cm³/mol. The van der Waals surface area contributed by atoms with Crippen molar-refractivity contribution in [1.82, 2.24) is 9.80 Å². The van der Waals surface area contributed by atoms with Crippen molar-refractivity contribution in [3.05, 3.63) is 0 Å². The Morgan fingerprint density at radius 1 is 1.22 bits per heavy atom. The Kier molecular flexibility index (Phi) is 5.41. The van der Waals surface area contributed by atoms with Crippen LogP contribution in [0.15, 0.2) is 0 Å². The van der Waals surface area contributed by atoms with Crippen LogP contribution in [0.2, 0.25) is 0 Å². The Morgan fingerprint density at radius 3 is 2.83 bits per heavy atom. The lowest BCUT2D eigenvalue weighted by Crippen LogP contribution is -2.38. The lowest BCUT2D eigenvalue weighted by atomic mass is 10.2. The van der Waals surface area contributed by atoms with Gasteiger partial charge in [-0.3, -0.25) is 9.69 Å². The quantitative estimate of drug-likeness (QED) is 0.771. The van der Waals surface area contributed by atoms with Gasteiger partial charge in [0.1, 0.15) is 0 Å². The summed E-state index contributed by atoms with van der Waals surface area (Å²) in [4.78, 5) is 16.2. The molecule has 2 heterocycles. The summed E-state index contributed by atoms with van der Waals surface area (Å²) < 4.78 is 5.67. The fraction of sp³-hybridized carbons (Fsp3) is 0.923. The summed E-state index contributed by atoms with van der Waals surface area (Å²) in [7, 11) is 0. The molecule has 0 aliphatic carbocycles. The maximum atomic E-state index is 11.8. The Balaban J connectivity index is 1.75. The average molecular weight is 255 g/mol. The van der Waals surface area contributed by atoms with Crippen molar-refractivity contribution < 1.29 is 9.53 Å². The molecule has 2 saturated heterocycles. The normalized spacial score (nSPS) is 26.3. The van der Waals surface area contributed by atoms with Crippen molar-refractivity contribution in [3.8, 4) is 0 Å². The Hall–Kier alpha value is -0.650. The Labute approximate surface area is 109 Å². The Bertz CT molecular complexity index is 267. The first-order valence-corrected chi connectivity index (χ1v) is 7.11. The summed E-state index contributed by atoms with van der Waals surface area (Å²) >= 11 is 0. The van der Waals surface area contributed by atoms with E-state index in [-0.39, 0.29) is 5.91 Å². The van der Waals surface area contributed by atoms with E-state index >= 15 is 0 Å². The van der Waals surface area contributed by atoms with E-state index in [0.717, 1.165) is 45.8 Å². The van der Waals surface area contributed by atoms with Gasteiger partial charge in [0, 0.05) is 45.8 Å². The van der Waals surface area contributed by atoms with Crippen molar-refractivity contribution in [1.29, 1.82) is 0 Å². The van der Waals surface area contributed by atoms with Crippen LogP contribution in [0.5, 0.6) is 0 Å². The second-order valence-electron chi connectivity index (χ2n) is 5.21. The van der Waals surface area contributed by atoms with E-state index in [1.807, 2.05) is 4.90 Å². The molecule has 2 N–H and O–H groups in total. The maximum Gasteiger partial charge on any atom is 0.223 e. The van der Waals surface area contributed by atoms with Gasteiger partial charge in [-0.1, -0.05) is 0 Å². The number of amides is 1. The lowest BCUT2D eigenvalue weighted by Gasteiger charge is -2.24. The third kappa shape index (κ3) is 3.93. The largest absolute Gasteiger partial charge is 0.377 e. The number of nitrogens with two attached hydrogens (primary N) is 1. The summed E-state index contributed by atoms with van der Waals surface area (Å²) in [5.74, 6) is 0.205. The molecule has 1 unspecified atom stereocenters. The minimum absolute atomic E-state index is 0.205. The molecule has 0 radical (unpaired) electrons. The molecule has 0 saturated carbocycles. The molecule has 2 rings (SSSR count). The molecule has 0 aromatic heterocycles. The van der Waals surface area contributed by atoms with Gasteiger partial charge in [0.15, 0.2) is 0 Å². The van der Waals surface area contributed by atoms with Crippen LogP contribution in [-0.4, -0.2) is 67.7 Å². The van der Waals surface area contributed by atoms with Gasteiger partial charge in [0.2, 0.25) is 5.91 Å². The van der Waals surface area contributed by atoms with E-state index < -0.39 is 0 Å². The van der Waals surface area contributed by atoms with Gasteiger partial charge in [-0.05, 0) is 25.8 Å². The number of carbonyl (C=O) groups is 1. The molecular weight excluding hydrogens is 230 g/mol. The monoisotopic (exact) mass is 255 g/mol. The molecule has 1 atom stereocenters. The Morgan fingerprint density at radius 2 is 2.11 bits per heavy atom. The van der Waals surface area contributed by atoms with Gasteiger partial charge >= 0.3 is 0 Å². The molecule has 5 nitrogen and oxygen atoms in total. The molecule has 0 aromatic rings. The van der Waals surface area contributed by atoms with E-state index in [0.29, 0.717) is 19.1 Å². The molecule has 2 aliphatic rings. The molecule has 2 aliphatic heterocycles. The van der Waals surface area contributed by atoms with E-state index in [2.05, 4.69) is 4.90 Å². The molecule has 18 heavy (non-hydrogen) atoms. The minimum atomic E-state index is 0.205. The van der Waals surface area contributed by atoms with Gasteiger partial charge < -0.3 is 15.4 Å². The zero-order valence-corrected chi connectivity index (χ0v) is 11.1. The summed E-state index contributed by atoms with van der Waals surface area (Å²) in [6.45, 7) is 6.16. The van der Waals surface area contributed by atoms with Gasteiger partial charge in [0.25, 0.3) is 0 Å². The van der Waals surface area contributed by atoms with Crippen molar-refractivity contribution in [2.75, 3.05) is 45.9 Å². The van der Waals surface area contributed by atoms with Crippen molar-refractivity contribution in [3.63, 3.8) is 0 Å². The third-order valence-corrected chi connectivity index (χ3v) is 3.79. The van der Waals surface area contributed by atoms with Crippen LogP contribution < -0.4 is 5.73 Å². The highest BCUT2D eigenvalue weighted by atomic mass is 16.5. The van der Waals surface area contributed by atoms with Gasteiger partial charge in [-0.15, -0.1) is 0 Å². The van der Waals surface area contributed by atoms with Crippen LogP contribution in [0.25, 0.3) is 0 Å². The van der Waals surface area contributed by atoms with Crippen LogP contribution in [0.1, 0.15) is 25.7 Å². The number of carbonyl (C=O) groups excluding carboxylic acids is 1. The summed E-state index contributed by atoms with van der Waals surface area (Å²) in [5, 5.41) is 0. The molecule has 2 fully saturated rings. The zero-order valence-electron chi connectivity index (χ0n) is 11.1. The highest BCUT2D eigenvalue weighted by molar-refractivity contribution is 5.76. The molecule has 5 heteroatoms. The zero-order chi connectivity index (χ0) is 12.8. The second kappa shape index (κ2) is 7.07. The molecule has 1 amide bonds. The topological polar surface area (TPSA) is 58.8 Å². The van der Waals surface area contributed by atoms with E-state index in [1.54, 1.807) is 0 Å². The summed E-state index contributed by atoms with van der Waals surface area (Å²) in [6, 6.07) is 0. The van der Waals surface area contributed by atoms with Crippen LogP contribution in [-0.2, 0) is 9.53 Å². The molecule has 0 bridgehead atoms. The average Bonchev–Trinajstić information content (AvgIpc) is 2.74. The van der Waals surface area contributed by atoms with Gasteiger partial charge in [-0.2, -0.15) is 0 Å². The first-order valence-electron chi connectivity index (χ1n) is 7.11. The number of hydrogen-bond acceptors (Lipinski definition) is 4. The van der Waals surface area contributed by atoms with Crippen LogP contribution >= 0.6 is 0 Å². The SMILES string of the molecule is NCCC(=O)N1CCCN(CC2CCCO2)CC1. The second-order valence-corrected chi connectivity index (χ2v) is 5.21. The van der Waals surface area contributed by atoms with E-state index in [1.165, 1.54) is 12.8 Å². The van der Waals surface area contributed by atoms with Crippen LogP contribution in [0, 0.1) is 0 Å². The minimum Gasteiger partial charge on any atom is -0.377 e. The van der Waals surface area contributed by atoms with Gasteiger partial charge in [0.05, 0.1) is 6.10 Å². The highest BCUT2D eigenvalue weighted by Crippen LogP contribution is 2.14.